The Morgan fingerprint density at radius 2 is 0.925 bits per heavy atom. The van der Waals surface area contributed by atoms with Crippen molar-refractivity contribution in [3.63, 3.8) is 0 Å². The van der Waals surface area contributed by atoms with Crippen LogP contribution in [0, 0.1) is 0 Å². The number of hydrogen-bond donors (Lipinski definition) is 0. The van der Waals surface area contributed by atoms with Crippen LogP contribution in [-0.2, 0) is 5.41 Å². The summed E-state index contributed by atoms with van der Waals surface area (Å²) in [5, 5.41) is 4.91. The number of benzene rings is 7. The third kappa shape index (κ3) is 4.61. The molecule has 10 aromatic rings. The molecule has 0 N–H and O–H groups in total. The quantitative estimate of drug-likeness (QED) is 0.182. The Morgan fingerprint density at radius 3 is 1.64 bits per heavy atom. The number of thiophene rings is 2. The predicted molar refractivity (Wildman–Crippen MR) is 225 cm³/mol. The maximum absolute atomic E-state index is 8.72. The summed E-state index contributed by atoms with van der Waals surface area (Å²) in [6.45, 7) is -0.442. The van der Waals surface area contributed by atoms with Crippen LogP contribution < -0.4 is 0 Å². The van der Waals surface area contributed by atoms with Crippen molar-refractivity contribution in [1.29, 1.82) is 0 Å². The highest BCUT2D eigenvalue weighted by molar-refractivity contribution is 7.26. The van der Waals surface area contributed by atoms with Crippen LogP contribution in [-0.4, -0.2) is 15.0 Å². The molecule has 3 heterocycles. The van der Waals surface area contributed by atoms with E-state index in [1.54, 1.807) is 11.3 Å². The van der Waals surface area contributed by atoms with Gasteiger partial charge in [-0.3, -0.25) is 0 Å². The van der Waals surface area contributed by atoms with E-state index in [0.717, 1.165) is 54.6 Å². The van der Waals surface area contributed by atoms with Crippen LogP contribution in [0.4, 0.5) is 0 Å². The number of rotatable bonds is 4. The fourth-order valence-electron chi connectivity index (χ4n) is 8.17. The topological polar surface area (TPSA) is 38.7 Å². The molecule has 0 bridgehead atoms. The zero-order valence-electron chi connectivity index (χ0n) is 31.6. The average molecular weight is 717 g/mol. The summed E-state index contributed by atoms with van der Waals surface area (Å²) in [7, 11) is 0. The molecule has 0 spiro atoms. The van der Waals surface area contributed by atoms with Gasteiger partial charge in [0.05, 0.1) is 0 Å². The normalized spacial score (nSPS) is 16.1. The summed E-state index contributed by atoms with van der Waals surface area (Å²) in [5.41, 5.74) is 7.00. The average Bonchev–Trinajstić information content (AvgIpc) is 3.89. The van der Waals surface area contributed by atoms with Crippen LogP contribution >= 0.6 is 22.7 Å². The second-order valence-electron chi connectivity index (χ2n) is 13.8. The van der Waals surface area contributed by atoms with Crippen LogP contribution in [0.2, 0.25) is 0 Å². The molecule has 1 aliphatic rings. The molecule has 0 saturated carbocycles. The van der Waals surface area contributed by atoms with Gasteiger partial charge in [-0.2, -0.15) is 0 Å². The Bertz CT molecular complexity index is 3220. The highest BCUT2D eigenvalue weighted by Gasteiger charge is 2.37. The molecule has 0 amide bonds. The van der Waals surface area contributed by atoms with Gasteiger partial charge < -0.3 is 0 Å². The summed E-state index contributed by atoms with van der Waals surface area (Å²) >= 11 is 3.56. The molecule has 53 heavy (non-hydrogen) atoms. The van der Waals surface area contributed by atoms with Gasteiger partial charge in [-0.1, -0.05) is 147 Å². The second-order valence-corrected chi connectivity index (χ2v) is 15.9. The van der Waals surface area contributed by atoms with E-state index in [9.17, 15) is 0 Å². The third-order valence-corrected chi connectivity index (χ3v) is 13.2. The third-order valence-electron chi connectivity index (χ3n) is 10.7. The second kappa shape index (κ2) is 11.5. The van der Waals surface area contributed by atoms with Gasteiger partial charge in [-0.15, -0.1) is 22.7 Å². The minimum absolute atomic E-state index is 0.503. The predicted octanol–water partition coefficient (Wildman–Crippen LogP) is 13.6. The molecule has 0 radical (unpaired) electrons. The van der Waals surface area contributed by atoms with E-state index in [1.165, 1.54) is 35.8 Å². The molecule has 3 nitrogen and oxygen atoms in total. The molecular weight excluding hydrogens is 683 g/mol. The highest BCUT2D eigenvalue weighted by atomic mass is 32.1. The highest BCUT2D eigenvalue weighted by Crippen LogP contribution is 2.52. The van der Waals surface area contributed by atoms with Crippen molar-refractivity contribution in [2.75, 3.05) is 0 Å². The Balaban J connectivity index is 1.12. The fraction of sp³-hybridized carbons (Fsp3) is 0.0625. The molecular formula is C48H31N3S2. The molecule has 5 heteroatoms. The van der Waals surface area contributed by atoms with Gasteiger partial charge in [0.25, 0.3) is 0 Å². The number of fused-ring (bicyclic) bond motifs is 9. The molecule has 1 aliphatic carbocycles. The number of nitrogens with zero attached hydrogens (tertiary/aromatic N) is 3. The van der Waals surface area contributed by atoms with E-state index in [0.29, 0.717) is 17.5 Å². The SMILES string of the molecule is [2H]C([2H])([2H])C1(C)c2ccccc2-c2c(-c3nc(-c4ccc(-c5cccc6c5sc5ccccc56)cc4)nc(-c4cccc5c4sc4ccccc45)n3)cccc21. The van der Waals surface area contributed by atoms with Crippen LogP contribution in [0.25, 0.3) is 96.8 Å². The van der Waals surface area contributed by atoms with E-state index in [2.05, 4.69) is 109 Å². The molecule has 250 valence electrons. The van der Waals surface area contributed by atoms with E-state index in [-0.39, 0.29) is 0 Å². The molecule has 7 aromatic carbocycles. The van der Waals surface area contributed by atoms with Gasteiger partial charge >= 0.3 is 0 Å². The van der Waals surface area contributed by atoms with Crippen molar-refractivity contribution in [3.05, 3.63) is 163 Å². The van der Waals surface area contributed by atoms with Gasteiger partial charge in [0.2, 0.25) is 0 Å². The largest absolute Gasteiger partial charge is 0.208 e. The fourth-order valence-corrected chi connectivity index (χ4v) is 10.6. The van der Waals surface area contributed by atoms with Crippen LogP contribution in [0.5, 0.6) is 0 Å². The first-order chi connectivity index (χ1) is 27.3. The lowest BCUT2D eigenvalue weighted by atomic mass is 9.82. The summed E-state index contributed by atoms with van der Waals surface area (Å²) in [4.78, 5) is 15.7. The number of hydrogen-bond acceptors (Lipinski definition) is 5. The molecule has 0 fully saturated rings. The monoisotopic (exact) mass is 716 g/mol. The van der Waals surface area contributed by atoms with E-state index < -0.39 is 12.3 Å². The Labute approximate surface area is 319 Å². The van der Waals surface area contributed by atoms with Crippen molar-refractivity contribution in [1.82, 2.24) is 15.0 Å². The number of aromatic nitrogens is 3. The minimum atomic E-state index is -2.28. The first-order valence-corrected chi connectivity index (χ1v) is 19.3. The summed E-state index contributed by atoms with van der Waals surface area (Å²) in [5.74, 6) is 1.63. The van der Waals surface area contributed by atoms with Crippen molar-refractivity contribution < 1.29 is 4.11 Å². The summed E-state index contributed by atoms with van der Waals surface area (Å²) < 4.78 is 31.0. The maximum atomic E-state index is 8.72. The summed E-state index contributed by atoms with van der Waals surface area (Å²) in [6, 6.07) is 52.1. The lowest BCUT2D eigenvalue weighted by Gasteiger charge is -2.21. The molecule has 0 saturated heterocycles. The zero-order valence-corrected chi connectivity index (χ0v) is 30.2. The van der Waals surface area contributed by atoms with E-state index in [1.807, 2.05) is 60.7 Å². The molecule has 1 unspecified atom stereocenters. The van der Waals surface area contributed by atoms with Crippen molar-refractivity contribution in [3.8, 4) is 56.4 Å². The van der Waals surface area contributed by atoms with Crippen LogP contribution in [0.1, 0.15) is 29.0 Å². The smallest absolute Gasteiger partial charge is 0.165 e. The molecule has 3 aromatic heterocycles. The summed E-state index contributed by atoms with van der Waals surface area (Å²) in [6.07, 6.45) is 0. The van der Waals surface area contributed by atoms with Gasteiger partial charge in [0.15, 0.2) is 17.5 Å². The first kappa shape index (κ1) is 27.6. The lowest BCUT2D eigenvalue weighted by Crippen LogP contribution is -2.14. The van der Waals surface area contributed by atoms with Gasteiger partial charge in [-0.25, -0.2) is 15.0 Å². The van der Waals surface area contributed by atoms with Crippen molar-refractivity contribution in [2.45, 2.75) is 19.2 Å². The molecule has 11 rings (SSSR count). The van der Waals surface area contributed by atoms with E-state index >= 15 is 0 Å². The molecule has 1 atom stereocenters. The Hall–Kier alpha value is -6.01. The Morgan fingerprint density at radius 1 is 0.434 bits per heavy atom. The standard InChI is InChI=1S/C48H31N3S2/c1-48(2)38-20-6-3-14-35(38)42-36(18-11-21-39(42)48)46-49-45(50-47(51-46)37-19-10-17-34-32-13-5-8-23-41(32)53-44(34)37)29-26-24-28(25-27-29)30-15-9-16-33-31-12-4-7-22-40(31)52-43(30)33/h3-27H,1-2H3/i1D3. The first-order valence-electron chi connectivity index (χ1n) is 19.2. The van der Waals surface area contributed by atoms with Gasteiger partial charge in [0, 0.05) is 66.6 Å². The van der Waals surface area contributed by atoms with Gasteiger partial charge in [0.1, 0.15) is 0 Å². The zero-order chi connectivity index (χ0) is 37.8. The maximum Gasteiger partial charge on any atom is 0.165 e. The molecule has 0 aliphatic heterocycles. The van der Waals surface area contributed by atoms with E-state index in [4.69, 9.17) is 19.1 Å². The minimum Gasteiger partial charge on any atom is -0.208 e. The van der Waals surface area contributed by atoms with Gasteiger partial charge in [-0.05, 0) is 51.6 Å². The Kier molecular flexibility index (Phi) is 5.99. The van der Waals surface area contributed by atoms with Crippen LogP contribution in [0.15, 0.2) is 152 Å². The lowest BCUT2D eigenvalue weighted by molar-refractivity contribution is 0.660. The van der Waals surface area contributed by atoms with Crippen molar-refractivity contribution >= 4 is 63.0 Å². The van der Waals surface area contributed by atoms with Crippen molar-refractivity contribution in [2.24, 2.45) is 0 Å². The van der Waals surface area contributed by atoms with Crippen LogP contribution in [0.3, 0.4) is 0 Å².